The third kappa shape index (κ3) is 3.12. The summed E-state index contributed by atoms with van der Waals surface area (Å²) >= 11 is 0. The first kappa shape index (κ1) is 13.6. The summed E-state index contributed by atoms with van der Waals surface area (Å²) < 4.78 is 11.9. The standard InChI is InChI=1S/C14H27O2Si/c1-15-17(16-2,12-13-8-6-7-9-13)14-10-4-3-5-11-14/h12-14H,3-11H2,1-2H3. The Morgan fingerprint density at radius 1 is 0.824 bits per heavy atom. The number of hydrogen-bond acceptors (Lipinski definition) is 2. The normalized spacial score (nSPS) is 24.4. The van der Waals surface area contributed by atoms with Crippen molar-refractivity contribution in [2.24, 2.45) is 5.92 Å². The van der Waals surface area contributed by atoms with Crippen LogP contribution in [0, 0.1) is 12.0 Å². The molecule has 0 N–H and O–H groups in total. The van der Waals surface area contributed by atoms with Crippen molar-refractivity contribution in [2.75, 3.05) is 14.2 Å². The van der Waals surface area contributed by atoms with Gasteiger partial charge in [0, 0.05) is 25.8 Å². The van der Waals surface area contributed by atoms with Gasteiger partial charge in [0.1, 0.15) is 0 Å². The predicted molar refractivity (Wildman–Crippen MR) is 72.9 cm³/mol. The molecule has 2 aliphatic rings. The average molecular weight is 255 g/mol. The highest BCUT2D eigenvalue weighted by Gasteiger charge is 2.46. The van der Waals surface area contributed by atoms with E-state index < -0.39 is 8.56 Å². The van der Waals surface area contributed by atoms with Crippen LogP contribution in [0.15, 0.2) is 0 Å². The minimum Gasteiger partial charge on any atom is -0.397 e. The van der Waals surface area contributed by atoms with Gasteiger partial charge < -0.3 is 8.85 Å². The highest BCUT2D eigenvalue weighted by Crippen LogP contribution is 2.42. The molecule has 17 heavy (non-hydrogen) atoms. The van der Waals surface area contributed by atoms with Gasteiger partial charge in [-0.05, 0) is 18.8 Å². The highest BCUT2D eigenvalue weighted by molar-refractivity contribution is 6.72. The lowest BCUT2D eigenvalue weighted by Crippen LogP contribution is -2.48. The summed E-state index contributed by atoms with van der Waals surface area (Å²) in [5, 5.41) is 0. The van der Waals surface area contributed by atoms with Crippen molar-refractivity contribution in [3.63, 3.8) is 0 Å². The number of hydrogen-bond donors (Lipinski definition) is 0. The summed E-state index contributed by atoms with van der Waals surface area (Å²) in [6.45, 7) is 0. The number of rotatable bonds is 5. The van der Waals surface area contributed by atoms with Crippen LogP contribution in [0.5, 0.6) is 0 Å². The van der Waals surface area contributed by atoms with Crippen LogP contribution in [0.4, 0.5) is 0 Å². The molecule has 0 unspecified atom stereocenters. The van der Waals surface area contributed by atoms with Crippen molar-refractivity contribution in [3.8, 4) is 0 Å². The molecule has 0 atom stereocenters. The molecule has 0 amide bonds. The molecule has 0 aromatic rings. The van der Waals surface area contributed by atoms with E-state index in [1.807, 2.05) is 14.2 Å². The summed E-state index contributed by atoms with van der Waals surface area (Å²) in [7, 11) is 1.71. The molecule has 0 heterocycles. The predicted octanol–water partition coefficient (Wildman–Crippen LogP) is 3.99. The van der Waals surface area contributed by atoms with E-state index in [1.165, 1.54) is 57.8 Å². The van der Waals surface area contributed by atoms with Crippen LogP contribution in [0.25, 0.3) is 0 Å². The maximum Gasteiger partial charge on any atom is 0.344 e. The molecule has 2 saturated carbocycles. The SMILES string of the molecule is CO[Si]([CH]C1CCCC1)(OC)C1CCCCC1. The van der Waals surface area contributed by atoms with Crippen molar-refractivity contribution >= 4 is 8.56 Å². The van der Waals surface area contributed by atoms with E-state index in [9.17, 15) is 0 Å². The summed E-state index contributed by atoms with van der Waals surface area (Å²) in [6.07, 6.45) is 12.3. The topological polar surface area (TPSA) is 18.5 Å². The van der Waals surface area contributed by atoms with Crippen LogP contribution in [-0.2, 0) is 8.85 Å². The Kier molecular flexibility index (Phi) is 5.06. The molecule has 2 nitrogen and oxygen atoms in total. The van der Waals surface area contributed by atoms with E-state index >= 15 is 0 Å². The zero-order valence-electron chi connectivity index (χ0n) is 11.4. The summed E-state index contributed by atoms with van der Waals surface area (Å²) in [6, 6.07) is 2.52. The maximum atomic E-state index is 5.95. The third-order valence-electron chi connectivity index (χ3n) is 4.68. The monoisotopic (exact) mass is 255 g/mol. The molecular weight excluding hydrogens is 228 g/mol. The third-order valence-corrected chi connectivity index (χ3v) is 8.61. The second kappa shape index (κ2) is 6.35. The van der Waals surface area contributed by atoms with E-state index in [1.54, 1.807) is 0 Å². The van der Waals surface area contributed by atoms with Crippen molar-refractivity contribution in [1.29, 1.82) is 0 Å². The van der Waals surface area contributed by atoms with Crippen LogP contribution < -0.4 is 0 Å². The maximum absolute atomic E-state index is 5.95. The van der Waals surface area contributed by atoms with Gasteiger partial charge in [-0.15, -0.1) is 0 Å². The molecule has 0 aromatic heterocycles. The van der Waals surface area contributed by atoms with Crippen molar-refractivity contribution < 1.29 is 8.85 Å². The van der Waals surface area contributed by atoms with Gasteiger partial charge in [-0.3, -0.25) is 0 Å². The molecule has 0 aliphatic heterocycles. The quantitative estimate of drug-likeness (QED) is 0.692. The van der Waals surface area contributed by atoms with Gasteiger partial charge in [0.25, 0.3) is 0 Å². The molecule has 0 bridgehead atoms. The first-order valence-electron chi connectivity index (χ1n) is 7.27. The smallest absolute Gasteiger partial charge is 0.344 e. The lowest BCUT2D eigenvalue weighted by Gasteiger charge is -2.38. The fourth-order valence-corrected chi connectivity index (χ4v) is 7.23. The summed E-state index contributed by atoms with van der Waals surface area (Å²) in [5.41, 5.74) is 0.701. The van der Waals surface area contributed by atoms with E-state index in [-0.39, 0.29) is 0 Å². The molecule has 0 aromatic carbocycles. The van der Waals surface area contributed by atoms with Gasteiger partial charge in [-0.1, -0.05) is 44.9 Å². The van der Waals surface area contributed by atoms with Gasteiger partial charge in [0.15, 0.2) is 0 Å². The first-order chi connectivity index (χ1) is 8.30. The minimum atomic E-state index is -2.03. The van der Waals surface area contributed by atoms with E-state index in [4.69, 9.17) is 8.85 Å². The molecular formula is C14H27O2Si. The largest absolute Gasteiger partial charge is 0.397 e. The van der Waals surface area contributed by atoms with Crippen LogP contribution in [0.1, 0.15) is 57.8 Å². The van der Waals surface area contributed by atoms with Gasteiger partial charge >= 0.3 is 8.56 Å². The lowest BCUT2D eigenvalue weighted by molar-refractivity contribution is 0.220. The van der Waals surface area contributed by atoms with Crippen molar-refractivity contribution in [1.82, 2.24) is 0 Å². The van der Waals surface area contributed by atoms with Gasteiger partial charge in [0.05, 0.1) is 0 Å². The lowest BCUT2D eigenvalue weighted by atomic mass is 10.0. The van der Waals surface area contributed by atoms with Crippen LogP contribution in [-0.4, -0.2) is 22.8 Å². The summed E-state index contributed by atoms with van der Waals surface area (Å²) in [5.74, 6) is 0.767. The zero-order valence-corrected chi connectivity index (χ0v) is 12.4. The Morgan fingerprint density at radius 3 is 1.88 bits per heavy atom. The fraction of sp³-hybridized carbons (Fsp3) is 0.929. The Hall–Kier alpha value is 0.137. The molecule has 0 spiro atoms. The van der Waals surface area contributed by atoms with E-state index in [2.05, 4.69) is 6.04 Å². The Balaban J connectivity index is 2.00. The molecule has 2 fully saturated rings. The summed E-state index contributed by atoms with van der Waals surface area (Å²) in [4.78, 5) is 0. The Bertz CT molecular complexity index is 216. The Morgan fingerprint density at radius 2 is 1.35 bits per heavy atom. The van der Waals surface area contributed by atoms with Crippen LogP contribution >= 0.6 is 0 Å². The van der Waals surface area contributed by atoms with Crippen LogP contribution in [0.3, 0.4) is 0 Å². The molecule has 3 heteroatoms. The van der Waals surface area contributed by atoms with E-state index in [0.29, 0.717) is 5.54 Å². The first-order valence-corrected chi connectivity index (χ1v) is 9.24. The second-order valence-corrected chi connectivity index (χ2v) is 9.08. The second-order valence-electron chi connectivity index (χ2n) is 5.68. The van der Waals surface area contributed by atoms with E-state index in [0.717, 1.165) is 5.92 Å². The zero-order chi connectivity index (χ0) is 12.1. The van der Waals surface area contributed by atoms with Crippen molar-refractivity contribution in [2.45, 2.75) is 63.3 Å². The Labute approximate surface area is 107 Å². The molecule has 2 rings (SSSR count). The average Bonchev–Trinajstić information content (AvgIpc) is 2.90. The molecule has 99 valence electrons. The van der Waals surface area contributed by atoms with Crippen LogP contribution in [0.2, 0.25) is 5.54 Å². The van der Waals surface area contributed by atoms with Gasteiger partial charge in [-0.25, -0.2) is 0 Å². The minimum absolute atomic E-state index is 0.701. The van der Waals surface area contributed by atoms with Gasteiger partial charge in [0.2, 0.25) is 0 Å². The highest BCUT2D eigenvalue weighted by atomic mass is 28.4. The fourth-order valence-electron chi connectivity index (χ4n) is 3.65. The van der Waals surface area contributed by atoms with Gasteiger partial charge in [-0.2, -0.15) is 0 Å². The van der Waals surface area contributed by atoms with Crippen molar-refractivity contribution in [3.05, 3.63) is 6.04 Å². The molecule has 1 radical (unpaired) electrons. The molecule has 2 aliphatic carbocycles. The molecule has 0 saturated heterocycles.